The zero-order valence-electron chi connectivity index (χ0n) is 9.29. The molecule has 0 saturated heterocycles. The number of unbranched alkanes of at least 4 members (excludes halogenated alkanes) is 2. The second kappa shape index (κ2) is 9.00. The van der Waals surface area contributed by atoms with Crippen LogP contribution in [0.1, 0.15) is 52.4 Å². The number of aliphatic hydroxyl groups excluding tert-OH is 1. The van der Waals surface area contributed by atoms with Gasteiger partial charge in [-0.15, -0.1) is 0 Å². The summed E-state index contributed by atoms with van der Waals surface area (Å²) in [5, 5.41) is 9.50. The highest BCUT2D eigenvalue weighted by molar-refractivity contribution is 5.65. The van der Waals surface area contributed by atoms with Crippen LogP contribution in [0.4, 0.5) is 0 Å². The predicted octanol–water partition coefficient (Wildman–Crippen LogP) is 2.27. The molecule has 0 fully saturated rings. The Kier molecular flexibility index (Phi) is 8.64. The first-order valence-electron chi connectivity index (χ1n) is 5.48. The highest BCUT2D eigenvalue weighted by atomic mass is 16.5. The highest BCUT2D eigenvalue weighted by Crippen LogP contribution is 2.08. The summed E-state index contributed by atoms with van der Waals surface area (Å²) < 4.78 is 4.77. The topological polar surface area (TPSA) is 46.5 Å². The third-order valence-electron chi connectivity index (χ3n) is 2.13. The van der Waals surface area contributed by atoms with Crippen molar-refractivity contribution < 1.29 is 14.6 Å². The molecule has 0 aliphatic rings. The third kappa shape index (κ3) is 9.52. The van der Waals surface area contributed by atoms with E-state index in [0.29, 0.717) is 6.61 Å². The molecule has 84 valence electrons. The average Bonchev–Trinajstić information content (AvgIpc) is 2.13. The average molecular weight is 202 g/mol. The van der Waals surface area contributed by atoms with E-state index in [4.69, 9.17) is 4.74 Å². The van der Waals surface area contributed by atoms with E-state index in [-0.39, 0.29) is 12.1 Å². The summed E-state index contributed by atoms with van der Waals surface area (Å²) in [6, 6.07) is 0. The molecule has 0 aliphatic carbocycles. The van der Waals surface area contributed by atoms with Gasteiger partial charge in [-0.05, 0) is 19.3 Å². The van der Waals surface area contributed by atoms with Gasteiger partial charge in [-0.3, -0.25) is 4.79 Å². The minimum atomic E-state index is -0.245. The van der Waals surface area contributed by atoms with Gasteiger partial charge in [0, 0.05) is 6.92 Å². The van der Waals surface area contributed by atoms with Crippen molar-refractivity contribution in [3.05, 3.63) is 0 Å². The van der Waals surface area contributed by atoms with E-state index in [2.05, 4.69) is 6.92 Å². The van der Waals surface area contributed by atoms with Crippen LogP contribution in [0.25, 0.3) is 0 Å². The molecule has 1 N–H and O–H groups in total. The number of hydrogen-bond acceptors (Lipinski definition) is 3. The molecule has 0 aromatic carbocycles. The minimum Gasteiger partial charge on any atom is -0.466 e. The van der Waals surface area contributed by atoms with Gasteiger partial charge >= 0.3 is 5.97 Å². The number of hydrogen-bond donors (Lipinski definition) is 1. The molecule has 0 amide bonds. The van der Waals surface area contributed by atoms with Crippen molar-refractivity contribution in [2.24, 2.45) is 0 Å². The molecule has 0 radical (unpaired) electrons. The monoisotopic (exact) mass is 202 g/mol. The SMILES string of the molecule is CCCCCC(O)CCCOC(C)=O. The minimum absolute atomic E-state index is 0.225. The normalized spacial score (nSPS) is 12.5. The molecule has 1 unspecified atom stereocenters. The molecule has 0 aromatic rings. The van der Waals surface area contributed by atoms with E-state index < -0.39 is 0 Å². The zero-order valence-corrected chi connectivity index (χ0v) is 9.29. The van der Waals surface area contributed by atoms with E-state index in [1.54, 1.807) is 0 Å². The molecule has 0 saturated carbocycles. The van der Waals surface area contributed by atoms with E-state index >= 15 is 0 Å². The fourth-order valence-corrected chi connectivity index (χ4v) is 1.31. The van der Waals surface area contributed by atoms with E-state index in [1.807, 2.05) is 0 Å². The van der Waals surface area contributed by atoms with Crippen LogP contribution < -0.4 is 0 Å². The smallest absolute Gasteiger partial charge is 0.302 e. The Balaban J connectivity index is 3.18. The Morgan fingerprint density at radius 2 is 1.93 bits per heavy atom. The first-order chi connectivity index (χ1) is 6.66. The van der Waals surface area contributed by atoms with E-state index in [0.717, 1.165) is 25.7 Å². The molecular formula is C11H22O3. The molecule has 0 bridgehead atoms. The molecular weight excluding hydrogens is 180 g/mol. The molecule has 0 spiro atoms. The lowest BCUT2D eigenvalue weighted by Gasteiger charge is -2.09. The van der Waals surface area contributed by atoms with Crippen LogP contribution in [0, 0.1) is 0 Å². The van der Waals surface area contributed by atoms with Gasteiger partial charge in [0.25, 0.3) is 0 Å². The largest absolute Gasteiger partial charge is 0.466 e. The molecule has 3 heteroatoms. The second-order valence-electron chi connectivity index (χ2n) is 3.63. The Bertz CT molecular complexity index is 145. The number of aliphatic hydroxyl groups is 1. The van der Waals surface area contributed by atoms with Gasteiger partial charge in [0.2, 0.25) is 0 Å². The van der Waals surface area contributed by atoms with Crippen LogP contribution in [0.3, 0.4) is 0 Å². The fourth-order valence-electron chi connectivity index (χ4n) is 1.31. The molecule has 1 atom stereocenters. The third-order valence-corrected chi connectivity index (χ3v) is 2.13. The second-order valence-corrected chi connectivity index (χ2v) is 3.63. The van der Waals surface area contributed by atoms with Gasteiger partial charge < -0.3 is 9.84 Å². The molecule has 0 aromatic heterocycles. The number of carbonyl (C=O) groups excluding carboxylic acids is 1. The van der Waals surface area contributed by atoms with Crippen molar-refractivity contribution in [2.75, 3.05) is 6.61 Å². The fraction of sp³-hybridized carbons (Fsp3) is 0.909. The quantitative estimate of drug-likeness (QED) is 0.485. The van der Waals surface area contributed by atoms with Crippen LogP contribution in [-0.4, -0.2) is 23.8 Å². The van der Waals surface area contributed by atoms with Crippen molar-refractivity contribution in [2.45, 2.75) is 58.5 Å². The maximum Gasteiger partial charge on any atom is 0.302 e. The Morgan fingerprint density at radius 1 is 1.29 bits per heavy atom. The van der Waals surface area contributed by atoms with Gasteiger partial charge in [0.05, 0.1) is 12.7 Å². The summed E-state index contributed by atoms with van der Waals surface area (Å²) in [6.45, 7) is 3.98. The lowest BCUT2D eigenvalue weighted by molar-refractivity contribution is -0.141. The summed E-state index contributed by atoms with van der Waals surface area (Å²) in [6.07, 6.45) is 5.58. The Hall–Kier alpha value is -0.570. The van der Waals surface area contributed by atoms with Crippen molar-refractivity contribution in [1.29, 1.82) is 0 Å². The van der Waals surface area contributed by atoms with Crippen molar-refractivity contribution >= 4 is 5.97 Å². The van der Waals surface area contributed by atoms with Crippen LogP contribution >= 0.6 is 0 Å². The summed E-state index contributed by atoms with van der Waals surface area (Å²) in [5.41, 5.74) is 0. The maximum absolute atomic E-state index is 10.4. The van der Waals surface area contributed by atoms with Crippen LogP contribution in [0.15, 0.2) is 0 Å². The number of esters is 1. The number of carbonyl (C=O) groups is 1. The van der Waals surface area contributed by atoms with Crippen LogP contribution in [-0.2, 0) is 9.53 Å². The summed E-state index contributed by atoms with van der Waals surface area (Å²) in [5.74, 6) is -0.245. The van der Waals surface area contributed by atoms with Crippen molar-refractivity contribution in [3.8, 4) is 0 Å². The maximum atomic E-state index is 10.4. The Morgan fingerprint density at radius 3 is 2.50 bits per heavy atom. The van der Waals surface area contributed by atoms with Gasteiger partial charge in [-0.1, -0.05) is 26.2 Å². The lowest BCUT2D eigenvalue weighted by atomic mass is 10.1. The first kappa shape index (κ1) is 13.4. The molecule has 14 heavy (non-hydrogen) atoms. The van der Waals surface area contributed by atoms with Crippen molar-refractivity contribution in [3.63, 3.8) is 0 Å². The molecule has 0 aliphatic heterocycles. The van der Waals surface area contributed by atoms with Gasteiger partial charge in [0.15, 0.2) is 0 Å². The number of rotatable bonds is 8. The standard InChI is InChI=1S/C11H22O3/c1-3-4-5-7-11(13)8-6-9-14-10(2)12/h11,13H,3-9H2,1-2H3. The number of ether oxygens (including phenoxy) is 1. The van der Waals surface area contributed by atoms with Gasteiger partial charge in [-0.25, -0.2) is 0 Å². The summed E-state index contributed by atoms with van der Waals surface area (Å²) in [4.78, 5) is 10.4. The van der Waals surface area contributed by atoms with Crippen LogP contribution in [0.5, 0.6) is 0 Å². The zero-order chi connectivity index (χ0) is 10.8. The molecule has 0 heterocycles. The van der Waals surface area contributed by atoms with E-state index in [1.165, 1.54) is 19.8 Å². The van der Waals surface area contributed by atoms with E-state index in [9.17, 15) is 9.90 Å². The lowest BCUT2D eigenvalue weighted by Crippen LogP contribution is -2.09. The Labute approximate surface area is 86.5 Å². The van der Waals surface area contributed by atoms with Gasteiger partial charge in [0.1, 0.15) is 0 Å². The van der Waals surface area contributed by atoms with Crippen molar-refractivity contribution in [1.82, 2.24) is 0 Å². The molecule has 0 rings (SSSR count). The summed E-state index contributed by atoms with van der Waals surface area (Å²) >= 11 is 0. The van der Waals surface area contributed by atoms with Gasteiger partial charge in [-0.2, -0.15) is 0 Å². The summed E-state index contributed by atoms with van der Waals surface area (Å²) in [7, 11) is 0. The predicted molar refractivity (Wildman–Crippen MR) is 56.0 cm³/mol. The molecule has 3 nitrogen and oxygen atoms in total. The first-order valence-corrected chi connectivity index (χ1v) is 5.48. The highest BCUT2D eigenvalue weighted by Gasteiger charge is 2.03. The van der Waals surface area contributed by atoms with Crippen LogP contribution in [0.2, 0.25) is 0 Å².